The van der Waals surface area contributed by atoms with Gasteiger partial charge < -0.3 is 9.64 Å². The van der Waals surface area contributed by atoms with Crippen molar-refractivity contribution < 1.29 is 22.7 Å². The third-order valence-corrected chi connectivity index (χ3v) is 3.77. The fourth-order valence-electron chi connectivity index (χ4n) is 2.48. The van der Waals surface area contributed by atoms with Gasteiger partial charge in [0.1, 0.15) is 11.6 Å². The molecule has 2 rings (SSSR count). The maximum atomic E-state index is 13.2. The van der Waals surface area contributed by atoms with Crippen molar-refractivity contribution in [1.82, 2.24) is 4.90 Å². The molecule has 0 unspecified atom stereocenters. The van der Waals surface area contributed by atoms with Crippen molar-refractivity contribution in [2.45, 2.75) is 32.9 Å². The summed E-state index contributed by atoms with van der Waals surface area (Å²) in [6.45, 7) is -0.105. The summed E-state index contributed by atoms with van der Waals surface area (Å²) in [4.78, 5) is 14.0. The van der Waals surface area contributed by atoms with Gasteiger partial charge in [0, 0.05) is 19.5 Å². The molecule has 0 aliphatic rings. The number of alkyl halides is 2. The average molecular weight is 351 g/mol. The van der Waals surface area contributed by atoms with Crippen LogP contribution in [0.1, 0.15) is 24.5 Å². The van der Waals surface area contributed by atoms with E-state index in [1.165, 1.54) is 24.3 Å². The van der Waals surface area contributed by atoms with Crippen molar-refractivity contribution in [3.05, 3.63) is 65.5 Å². The molecule has 2 aromatic carbocycles. The Kier molecular flexibility index (Phi) is 6.86. The van der Waals surface area contributed by atoms with Gasteiger partial charge in [-0.05, 0) is 48.7 Å². The zero-order chi connectivity index (χ0) is 18.2. The molecule has 25 heavy (non-hydrogen) atoms. The third kappa shape index (κ3) is 6.14. The lowest BCUT2D eigenvalue weighted by atomic mass is 10.1. The molecular weight excluding hydrogens is 331 g/mol. The first-order chi connectivity index (χ1) is 12.0. The second-order valence-corrected chi connectivity index (χ2v) is 5.56. The quantitative estimate of drug-likeness (QED) is 0.705. The molecule has 0 atom stereocenters. The topological polar surface area (TPSA) is 29.5 Å². The Bertz CT molecular complexity index is 689. The van der Waals surface area contributed by atoms with Crippen LogP contribution in [0.25, 0.3) is 0 Å². The van der Waals surface area contributed by atoms with Crippen LogP contribution in [0.15, 0.2) is 48.5 Å². The van der Waals surface area contributed by atoms with Gasteiger partial charge >= 0.3 is 6.61 Å². The fraction of sp³-hybridized carbons (Fsp3) is 0.316. The summed E-state index contributed by atoms with van der Waals surface area (Å²) in [5, 5.41) is 0. The smallest absolute Gasteiger partial charge is 0.387 e. The number of amides is 1. The molecule has 2 aromatic rings. The van der Waals surface area contributed by atoms with E-state index in [0.29, 0.717) is 19.5 Å². The highest BCUT2D eigenvalue weighted by atomic mass is 19.3. The molecule has 0 aliphatic heterocycles. The second kappa shape index (κ2) is 9.11. The molecule has 6 heteroatoms. The van der Waals surface area contributed by atoms with Gasteiger partial charge in [0.25, 0.3) is 0 Å². The van der Waals surface area contributed by atoms with E-state index in [-0.39, 0.29) is 23.9 Å². The Balaban J connectivity index is 1.89. The van der Waals surface area contributed by atoms with Crippen molar-refractivity contribution >= 4 is 5.91 Å². The Morgan fingerprint density at radius 1 is 1.12 bits per heavy atom. The van der Waals surface area contributed by atoms with Crippen LogP contribution in [0.3, 0.4) is 0 Å². The van der Waals surface area contributed by atoms with E-state index in [1.54, 1.807) is 29.2 Å². The zero-order valence-corrected chi connectivity index (χ0v) is 13.9. The molecule has 0 aromatic heterocycles. The lowest BCUT2D eigenvalue weighted by Crippen LogP contribution is -2.30. The maximum absolute atomic E-state index is 13.2. The minimum atomic E-state index is -2.85. The minimum Gasteiger partial charge on any atom is -0.435 e. The highest BCUT2D eigenvalue weighted by molar-refractivity contribution is 5.76. The van der Waals surface area contributed by atoms with Crippen molar-refractivity contribution in [2.24, 2.45) is 0 Å². The SMILES string of the molecule is CCN(Cc1cccc(F)c1)C(=O)CCc1ccc(OC(F)F)cc1. The van der Waals surface area contributed by atoms with Gasteiger partial charge in [-0.3, -0.25) is 4.79 Å². The van der Waals surface area contributed by atoms with E-state index in [0.717, 1.165) is 11.1 Å². The summed E-state index contributed by atoms with van der Waals surface area (Å²) in [7, 11) is 0. The standard InChI is InChI=1S/C19H20F3NO2/c1-2-23(13-15-4-3-5-16(20)12-15)18(24)11-8-14-6-9-17(10-7-14)25-19(21)22/h3-7,9-10,12,19H,2,8,11,13H2,1H3. The summed E-state index contributed by atoms with van der Waals surface area (Å²) in [6, 6.07) is 12.4. The molecule has 134 valence electrons. The highest BCUT2D eigenvalue weighted by Crippen LogP contribution is 2.16. The van der Waals surface area contributed by atoms with E-state index in [1.807, 2.05) is 6.92 Å². The highest BCUT2D eigenvalue weighted by Gasteiger charge is 2.13. The molecule has 0 saturated heterocycles. The number of halogens is 3. The van der Waals surface area contributed by atoms with Gasteiger partial charge in [0.15, 0.2) is 0 Å². The number of carbonyl (C=O) groups is 1. The molecule has 0 aliphatic carbocycles. The number of nitrogens with zero attached hydrogens (tertiary/aromatic N) is 1. The largest absolute Gasteiger partial charge is 0.435 e. The van der Waals surface area contributed by atoms with E-state index in [9.17, 15) is 18.0 Å². The van der Waals surface area contributed by atoms with Crippen LogP contribution >= 0.6 is 0 Å². The molecule has 0 saturated carbocycles. The van der Waals surface area contributed by atoms with Crippen LogP contribution in [0.4, 0.5) is 13.2 Å². The van der Waals surface area contributed by atoms with E-state index in [2.05, 4.69) is 4.74 Å². The van der Waals surface area contributed by atoms with Gasteiger partial charge in [-0.15, -0.1) is 0 Å². The van der Waals surface area contributed by atoms with Gasteiger partial charge in [-0.1, -0.05) is 24.3 Å². The number of ether oxygens (including phenoxy) is 1. The lowest BCUT2D eigenvalue weighted by molar-refractivity contribution is -0.131. The van der Waals surface area contributed by atoms with Crippen LogP contribution in [-0.4, -0.2) is 24.0 Å². The summed E-state index contributed by atoms with van der Waals surface area (Å²) >= 11 is 0. The fourth-order valence-corrected chi connectivity index (χ4v) is 2.48. The predicted molar refractivity (Wildman–Crippen MR) is 88.9 cm³/mol. The van der Waals surface area contributed by atoms with Gasteiger partial charge in [-0.25, -0.2) is 4.39 Å². The van der Waals surface area contributed by atoms with Crippen LogP contribution in [0, 0.1) is 5.82 Å². The predicted octanol–water partition coefficient (Wildman–Crippen LogP) is 4.41. The average Bonchev–Trinajstić information content (AvgIpc) is 2.58. The Hall–Kier alpha value is -2.50. The van der Waals surface area contributed by atoms with Gasteiger partial charge in [0.05, 0.1) is 0 Å². The Morgan fingerprint density at radius 3 is 2.44 bits per heavy atom. The first kappa shape index (κ1) is 18.8. The minimum absolute atomic E-state index is 0.0420. The molecule has 0 N–H and O–H groups in total. The van der Waals surface area contributed by atoms with E-state index < -0.39 is 6.61 Å². The zero-order valence-electron chi connectivity index (χ0n) is 13.9. The maximum Gasteiger partial charge on any atom is 0.387 e. The molecule has 0 radical (unpaired) electrons. The Morgan fingerprint density at radius 2 is 1.84 bits per heavy atom. The number of benzene rings is 2. The van der Waals surface area contributed by atoms with Crippen molar-refractivity contribution in [1.29, 1.82) is 0 Å². The molecular formula is C19H20F3NO2. The summed E-state index contributed by atoms with van der Waals surface area (Å²) in [5.41, 5.74) is 1.60. The Labute approximate surface area is 145 Å². The summed E-state index contributed by atoms with van der Waals surface area (Å²) in [5.74, 6) is -0.279. The van der Waals surface area contributed by atoms with Crippen LogP contribution in [0.2, 0.25) is 0 Å². The summed E-state index contributed by atoms with van der Waals surface area (Å²) < 4.78 is 41.8. The molecule has 1 amide bonds. The number of aryl methyl sites for hydroxylation is 1. The molecule has 0 spiro atoms. The van der Waals surface area contributed by atoms with Gasteiger partial charge in [0.2, 0.25) is 5.91 Å². The normalized spacial score (nSPS) is 10.8. The first-order valence-corrected chi connectivity index (χ1v) is 8.04. The van der Waals surface area contributed by atoms with E-state index >= 15 is 0 Å². The van der Waals surface area contributed by atoms with E-state index in [4.69, 9.17) is 0 Å². The number of carbonyl (C=O) groups excluding carboxylic acids is 1. The number of hydrogen-bond acceptors (Lipinski definition) is 2. The van der Waals surface area contributed by atoms with Crippen molar-refractivity contribution in [3.8, 4) is 5.75 Å². The third-order valence-electron chi connectivity index (χ3n) is 3.77. The van der Waals surface area contributed by atoms with Crippen LogP contribution < -0.4 is 4.74 Å². The molecule has 0 heterocycles. The molecule has 0 bridgehead atoms. The first-order valence-electron chi connectivity index (χ1n) is 8.04. The van der Waals surface area contributed by atoms with Crippen LogP contribution in [-0.2, 0) is 17.8 Å². The summed E-state index contributed by atoms with van der Waals surface area (Å²) in [6.07, 6.45) is 0.783. The van der Waals surface area contributed by atoms with Crippen molar-refractivity contribution in [3.63, 3.8) is 0 Å². The van der Waals surface area contributed by atoms with Crippen molar-refractivity contribution in [2.75, 3.05) is 6.54 Å². The molecule has 0 fully saturated rings. The second-order valence-electron chi connectivity index (χ2n) is 5.56. The lowest BCUT2D eigenvalue weighted by Gasteiger charge is -2.21. The molecule has 3 nitrogen and oxygen atoms in total. The monoisotopic (exact) mass is 351 g/mol. The number of hydrogen-bond donors (Lipinski definition) is 0. The van der Waals surface area contributed by atoms with Gasteiger partial charge in [-0.2, -0.15) is 8.78 Å². The number of rotatable bonds is 8. The van der Waals surface area contributed by atoms with Crippen LogP contribution in [0.5, 0.6) is 5.75 Å².